The molecule has 0 saturated carbocycles. The van der Waals surface area contributed by atoms with E-state index in [1.54, 1.807) is 24.3 Å². The van der Waals surface area contributed by atoms with Crippen LogP contribution in [0.2, 0.25) is 0 Å². The molecule has 0 aliphatic carbocycles. The topological polar surface area (TPSA) is 109 Å². The van der Waals surface area contributed by atoms with E-state index in [0.717, 1.165) is 10.1 Å². The number of carbonyl (C=O) groups excluding carboxylic acids is 4. The lowest BCUT2D eigenvalue weighted by Crippen LogP contribution is -2.53. The number of amides is 3. The Morgan fingerprint density at radius 1 is 1.14 bits per heavy atom. The smallest absolute Gasteiger partial charge is 0.399 e. The van der Waals surface area contributed by atoms with Gasteiger partial charge >= 0.3 is 6.09 Å². The average molecular weight is 521 g/mol. The van der Waals surface area contributed by atoms with E-state index in [-0.39, 0.29) is 35.8 Å². The minimum absolute atomic E-state index is 0.0647. The first-order valence-electron chi connectivity index (χ1n) is 12.3. The number of hydrogen-bond acceptors (Lipinski definition) is 7. The zero-order valence-electron chi connectivity index (χ0n) is 20.6. The summed E-state index contributed by atoms with van der Waals surface area (Å²) in [5.41, 5.74) is 0.268. The van der Waals surface area contributed by atoms with Crippen LogP contribution < -0.4 is 10.1 Å². The number of likely N-dealkylation sites (tertiary alicyclic amines) is 2. The summed E-state index contributed by atoms with van der Waals surface area (Å²) in [7, 11) is 0. The summed E-state index contributed by atoms with van der Waals surface area (Å²) in [6.07, 6.45) is 1.69. The first-order chi connectivity index (χ1) is 17.8. The molecule has 9 nitrogen and oxygen atoms in total. The standard InChI is InChI=1S/C27H28N4O5S/c1-16(2)13-19(29-27(35)36-23-14-17-7-3-4-9-22(17)37-23)26(34)30-12-10-20-24(30)21(32)15-31(20)25(33)18-8-5-6-11-28-18/h3-9,11,14,16,19-20,24H,10,12-13,15H2,1-2H3,(H,29,35). The molecule has 0 spiro atoms. The van der Waals surface area contributed by atoms with Crippen LogP contribution in [0.3, 0.4) is 0 Å². The van der Waals surface area contributed by atoms with Gasteiger partial charge in [0.05, 0.1) is 12.6 Å². The lowest BCUT2D eigenvalue weighted by molar-refractivity contribution is -0.138. The third kappa shape index (κ3) is 5.06. The Kier molecular flexibility index (Phi) is 6.92. The normalized spacial score (nSPS) is 19.8. The van der Waals surface area contributed by atoms with Crippen molar-refractivity contribution in [1.29, 1.82) is 0 Å². The van der Waals surface area contributed by atoms with E-state index in [0.29, 0.717) is 24.4 Å². The fraction of sp³-hybridized carbons (Fsp3) is 0.370. The number of Topliss-reactive ketones (excluding diaryl/α,β-unsaturated/α-hetero) is 1. The third-order valence-electron chi connectivity index (χ3n) is 6.74. The second-order valence-corrected chi connectivity index (χ2v) is 10.8. The van der Waals surface area contributed by atoms with Gasteiger partial charge in [0.15, 0.2) is 10.8 Å². The Balaban J connectivity index is 1.29. The summed E-state index contributed by atoms with van der Waals surface area (Å²) in [5.74, 6) is -0.732. The number of fused-ring (bicyclic) bond motifs is 2. The zero-order chi connectivity index (χ0) is 26.1. The number of carbonyl (C=O) groups is 4. The van der Waals surface area contributed by atoms with Crippen molar-refractivity contribution in [3.8, 4) is 5.06 Å². The van der Waals surface area contributed by atoms with Crippen LogP contribution in [0.5, 0.6) is 5.06 Å². The van der Waals surface area contributed by atoms with Crippen LogP contribution in [0.25, 0.3) is 10.1 Å². The summed E-state index contributed by atoms with van der Waals surface area (Å²) >= 11 is 1.35. The van der Waals surface area contributed by atoms with Crippen LogP contribution >= 0.6 is 11.3 Å². The monoisotopic (exact) mass is 520 g/mol. The molecule has 2 aliphatic heterocycles. The zero-order valence-corrected chi connectivity index (χ0v) is 21.4. The van der Waals surface area contributed by atoms with E-state index in [2.05, 4.69) is 10.3 Å². The van der Waals surface area contributed by atoms with Gasteiger partial charge in [-0.25, -0.2) is 4.79 Å². The molecule has 3 unspecified atom stereocenters. The lowest BCUT2D eigenvalue weighted by atomic mass is 10.0. The van der Waals surface area contributed by atoms with Gasteiger partial charge in [-0.3, -0.25) is 19.4 Å². The van der Waals surface area contributed by atoms with E-state index in [1.165, 1.54) is 27.3 Å². The minimum atomic E-state index is -0.853. The number of benzene rings is 1. The van der Waals surface area contributed by atoms with E-state index in [9.17, 15) is 19.2 Å². The molecule has 192 valence electrons. The Hall–Kier alpha value is -3.79. The van der Waals surface area contributed by atoms with Gasteiger partial charge in [0.2, 0.25) is 5.91 Å². The molecule has 1 N–H and O–H groups in total. The fourth-order valence-electron chi connectivity index (χ4n) is 5.14. The third-order valence-corrected chi connectivity index (χ3v) is 7.74. The van der Waals surface area contributed by atoms with Gasteiger partial charge in [0.1, 0.15) is 17.8 Å². The molecule has 2 fully saturated rings. The molecule has 0 radical (unpaired) electrons. The SMILES string of the molecule is CC(C)CC(NC(=O)Oc1cc2ccccc2s1)C(=O)N1CCC2C1C(=O)CN2C(=O)c1ccccn1. The fourth-order valence-corrected chi connectivity index (χ4v) is 6.05. The van der Waals surface area contributed by atoms with Crippen molar-refractivity contribution in [1.82, 2.24) is 20.1 Å². The van der Waals surface area contributed by atoms with Gasteiger partial charge in [0.25, 0.3) is 5.91 Å². The Labute approximate surface area is 218 Å². The molecule has 2 aliphatic rings. The van der Waals surface area contributed by atoms with Crippen molar-refractivity contribution >= 4 is 45.1 Å². The molecular formula is C27H28N4O5S. The highest BCUT2D eigenvalue weighted by Crippen LogP contribution is 2.33. The highest BCUT2D eigenvalue weighted by Gasteiger charge is 2.52. The first-order valence-corrected chi connectivity index (χ1v) is 13.2. The minimum Gasteiger partial charge on any atom is -0.399 e. The molecule has 0 bridgehead atoms. The van der Waals surface area contributed by atoms with E-state index in [4.69, 9.17) is 4.74 Å². The number of ether oxygens (including phenoxy) is 1. The molecule has 37 heavy (non-hydrogen) atoms. The quantitative estimate of drug-likeness (QED) is 0.533. The van der Waals surface area contributed by atoms with Crippen LogP contribution in [-0.4, -0.2) is 69.7 Å². The van der Waals surface area contributed by atoms with Crippen LogP contribution in [0.15, 0.2) is 54.7 Å². The van der Waals surface area contributed by atoms with E-state index >= 15 is 0 Å². The largest absolute Gasteiger partial charge is 0.414 e. The highest BCUT2D eigenvalue weighted by molar-refractivity contribution is 7.20. The van der Waals surface area contributed by atoms with Crippen LogP contribution in [0, 0.1) is 5.92 Å². The molecule has 10 heteroatoms. The number of ketones is 1. The van der Waals surface area contributed by atoms with Crippen molar-refractivity contribution in [2.45, 2.75) is 44.8 Å². The second kappa shape index (κ2) is 10.3. The molecule has 2 saturated heterocycles. The number of aromatic nitrogens is 1. The molecule has 1 aromatic carbocycles. The molecule has 4 heterocycles. The van der Waals surface area contributed by atoms with Crippen molar-refractivity contribution in [2.75, 3.05) is 13.1 Å². The van der Waals surface area contributed by atoms with Gasteiger partial charge in [-0.1, -0.05) is 49.4 Å². The maximum absolute atomic E-state index is 13.6. The molecule has 2 aromatic heterocycles. The number of pyridine rings is 1. The van der Waals surface area contributed by atoms with E-state index in [1.807, 2.05) is 38.1 Å². The average Bonchev–Trinajstić information content (AvgIpc) is 3.57. The van der Waals surface area contributed by atoms with Crippen molar-refractivity contribution in [2.24, 2.45) is 5.92 Å². The van der Waals surface area contributed by atoms with Crippen LogP contribution in [0.1, 0.15) is 37.2 Å². The number of nitrogens with one attached hydrogen (secondary N) is 1. The van der Waals surface area contributed by atoms with E-state index < -0.39 is 24.2 Å². The summed E-state index contributed by atoms with van der Waals surface area (Å²) < 4.78 is 6.49. The van der Waals surface area contributed by atoms with Crippen LogP contribution in [-0.2, 0) is 9.59 Å². The molecule has 5 rings (SSSR count). The molecule has 3 atom stereocenters. The number of rotatable bonds is 6. The number of nitrogens with zero attached hydrogens (tertiary/aromatic N) is 3. The summed E-state index contributed by atoms with van der Waals surface area (Å²) in [5, 5.41) is 4.13. The predicted molar refractivity (Wildman–Crippen MR) is 138 cm³/mol. The predicted octanol–water partition coefficient (Wildman–Crippen LogP) is 3.49. The van der Waals surface area contributed by atoms with Gasteiger partial charge in [-0.2, -0.15) is 0 Å². The Morgan fingerprint density at radius 2 is 1.92 bits per heavy atom. The van der Waals surface area contributed by atoms with Gasteiger partial charge in [-0.05, 0) is 42.3 Å². The Bertz CT molecular complexity index is 1310. The van der Waals surface area contributed by atoms with Crippen LogP contribution in [0.4, 0.5) is 4.79 Å². The number of hydrogen-bond donors (Lipinski definition) is 1. The molecular weight excluding hydrogens is 492 g/mol. The second-order valence-electron chi connectivity index (χ2n) is 9.77. The summed E-state index contributed by atoms with van der Waals surface area (Å²) in [4.78, 5) is 59.6. The maximum Gasteiger partial charge on any atom is 0.414 e. The van der Waals surface area contributed by atoms with Crippen molar-refractivity contribution in [3.05, 3.63) is 60.4 Å². The van der Waals surface area contributed by atoms with Crippen molar-refractivity contribution in [3.63, 3.8) is 0 Å². The Morgan fingerprint density at radius 3 is 2.65 bits per heavy atom. The van der Waals surface area contributed by atoms with Gasteiger partial charge in [-0.15, -0.1) is 0 Å². The van der Waals surface area contributed by atoms with Gasteiger partial charge in [0, 0.05) is 23.5 Å². The summed E-state index contributed by atoms with van der Waals surface area (Å²) in [6, 6.07) is 12.6. The van der Waals surface area contributed by atoms with Gasteiger partial charge < -0.3 is 19.9 Å². The van der Waals surface area contributed by atoms with Crippen molar-refractivity contribution < 1.29 is 23.9 Å². The first kappa shape index (κ1) is 24.9. The molecule has 3 amide bonds. The number of thiophene rings is 1. The highest BCUT2D eigenvalue weighted by atomic mass is 32.1. The molecule has 3 aromatic rings. The maximum atomic E-state index is 13.6. The lowest BCUT2D eigenvalue weighted by Gasteiger charge is -2.28. The summed E-state index contributed by atoms with van der Waals surface area (Å²) in [6.45, 7) is 4.18.